The highest BCUT2D eigenvalue weighted by Gasteiger charge is 2.43. The molecule has 1 heterocycles. The van der Waals surface area contributed by atoms with Gasteiger partial charge in [-0.15, -0.1) is 0 Å². The average molecular weight is 180 g/mol. The second-order valence-corrected chi connectivity index (χ2v) is 3.90. The lowest BCUT2D eigenvalue weighted by atomic mass is 9.87. The van der Waals surface area contributed by atoms with Crippen LogP contribution in [0, 0.1) is 5.92 Å². The molecule has 0 aliphatic heterocycles. The molecule has 2 nitrogen and oxygen atoms in total. The zero-order valence-corrected chi connectivity index (χ0v) is 7.99. The van der Waals surface area contributed by atoms with Crippen LogP contribution in [-0.4, -0.2) is 5.11 Å². The molecule has 1 aromatic heterocycles. The van der Waals surface area contributed by atoms with E-state index in [4.69, 9.17) is 4.42 Å². The summed E-state index contributed by atoms with van der Waals surface area (Å²) in [7, 11) is 0. The first-order chi connectivity index (χ1) is 6.27. The van der Waals surface area contributed by atoms with Crippen LogP contribution in [0.25, 0.3) is 0 Å². The van der Waals surface area contributed by atoms with Crippen LogP contribution < -0.4 is 0 Å². The van der Waals surface area contributed by atoms with E-state index in [1.165, 1.54) is 0 Å². The summed E-state index contributed by atoms with van der Waals surface area (Å²) >= 11 is 0. The summed E-state index contributed by atoms with van der Waals surface area (Å²) in [6, 6.07) is 3.73. The molecule has 0 radical (unpaired) electrons. The van der Waals surface area contributed by atoms with E-state index in [9.17, 15) is 5.11 Å². The Morgan fingerprint density at radius 2 is 2.54 bits per heavy atom. The Kier molecular flexibility index (Phi) is 2.16. The maximum absolute atomic E-state index is 10.4. The van der Waals surface area contributed by atoms with E-state index in [-0.39, 0.29) is 0 Å². The molecule has 1 aliphatic carbocycles. The Hall–Kier alpha value is -0.760. The van der Waals surface area contributed by atoms with Gasteiger partial charge < -0.3 is 9.52 Å². The van der Waals surface area contributed by atoms with E-state index < -0.39 is 5.60 Å². The standard InChI is InChI=1S/C11H16O2/c1-2-9-5-3-7-11(9,12)10-6-4-8-13-10/h4,6,8-9,12H,2-3,5,7H2,1H3. The number of hydrogen-bond acceptors (Lipinski definition) is 2. The number of furan rings is 1. The van der Waals surface area contributed by atoms with Gasteiger partial charge in [0.1, 0.15) is 11.4 Å². The summed E-state index contributed by atoms with van der Waals surface area (Å²) in [5.74, 6) is 1.12. The van der Waals surface area contributed by atoms with Crippen LogP contribution in [0.2, 0.25) is 0 Å². The van der Waals surface area contributed by atoms with Gasteiger partial charge >= 0.3 is 0 Å². The molecule has 1 fully saturated rings. The fourth-order valence-corrected chi connectivity index (χ4v) is 2.45. The van der Waals surface area contributed by atoms with Gasteiger partial charge in [0.15, 0.2) is 0 Å². The molecule has 2 atom stereocenters. The fourth-order valence-electron chi connectivity index (χ4n) is 2.45. The van der Waals surface area contributed by atoms with Crippen molar-refractivity contribution in [2.45, 2.75) is 38.2 Å². The van der Waals surface area contributed by atoms with Gasteiger partial charge in [0.2, 0.25) is 0 Å². The highest BCUT2D eigenvalue weighted by molar-refractivity contribution is 5.13. The molecule has 0 bridgehead atoms. The third-order valence-corrected chi connectivity index (χ3v) is 3.23. The van der Waals surface area contributed by atoms with Crippen molar-refractivity contribution >= 4 is 0 Å². The van der Waals surface area contributed by atoms with Gasteiger partial charge in [-0.3, -0.25) is 0 Å². The van der Waals surface area contributed by atoms with Crippen molar-refractivity contribution in [3.8, 4) is 0 Å². The quantitative estimate of drug-likeness (QED) is 0.759. The van der Waals surface area contributed by atoms with E-state index in [0.717, 1.165) is 31.4 Å². The van der Waals surface area contributed by atoms with Crippen molar-refractivity contribution < 1.29 is 9.52 Å². The minimum absolute atomic E-state index is 0.374. The fraction of sp³-hybridized carbons (Fsp3) is 0.636. The molecular weight excluding hydrogens is 164 g/mol. The van der Waals surface area contributed by atoms with Gasteiger partial charge in [-0.25, -0.2) is 0 Å². The summed E-state index contributed by atoms with van der Waals surface area (Å²) in [5.41, 5.74) is -0.682. The third-order valence-electron chi connectivity index (χ3n) is 3.23. The van der Waals surface area contributed by atoms with Crippen LogP contribution in [0.3, 0.4) is 0 Å². The zero-order chi connectivity index (χ0) is 9.31. The van der Waals surface area contributed by atoms with Gasteiger partial charge in [0.05, 0.1) is 6.26 Å². The van der Waals surface area contributed by atoms with Crippen LogP contribution in [0.1, 0.15) is 38.4 Å². The molecule has 0 saturated heterocycles. The Morgan fingerprint density at radius 1 is 1.69 bits per heavy atom. The molecule has 2 rings (SSSR count). The molecule has 0 spiro atoms. The first-order valence-electron chi connectivity index (χ1n) is 5.03. The summed E-state index contributed by atoms with van der Waals surface area (Å²) in [6.45, 7) is 2.13. The van der Waals surface area contributed by atoms with Gasteiger partial charge in [0, 0.05) is 0 Å². The lowest BCUT2D eigenvalue weighted by molar-refractivity contribution is -0.0233. The highest BCUT2D eigenvalue weighted by Crippen LogP contribution is 2.45. The van der Waals surface area contributed by atoms with Crippen LogP contribution in [0.5, 0.6) is 0 Å². The summed E-state index contributed by atoms with van der Waals surface area (Å²) < 4.78 is 5.30. The molecule has 1 N–H and O–H groups in total. The number of hydrogen-bond donors (Lipinski definition) is 1. The molecule has 0 amide bonds. The van der Waals surface area contributed by atoms with Crippen LogP contribution in [0.4, 0.5) is 0 Å². The predicted octanol–water partition coefficient (Wildman–Crippen LogP) is 2.68. The Morgan fingerprint density at radius 3 is 3.15 bits per heavy atom. The number of rotatable bonds is 2. The first kappa shape index (κ1) is 8.82. The van der Waals surface area contributed by atoms with E-state index in [1.807, 2.05) is 12.1 Å². The van der Waals surface area contributed by atoms with Crippen molar-refractivity contribution in [1.82, 2.24) is 0 Å². The topological polar surface area (TPSA) is 33.4 Å². The number of aliphatic hydroxyl groups is 1. The third kappa shape index (κ3) is 1.29. The molecular formula is C11H16O2. The van der Waals surface area contributed by atoms with Gasteiger partial charge in [-0.05, 0) is 37.3 Å². The SMILES string of the molecule is CCC1CCCC1(O)c1ccco1. The molecule has 0 aromatic carbocycles. The largest absolute Gasteiger partial charge is 0.466 e. The second kappa shape index (κ2) is 3.18. The molecule has 1 aliphatic rings. The van der Waals surface area contributed by atoms with Crippen molar-refractivity contribution in [2.24, 2.45) is 5.92 Å². The van der Waals surface area contributed by atoms with Crippen molar-refractivity contribution in [2.75, 3.05) is 0 Å². The summed E-state index contributed by atoms with van der Waals surface area (Å²) in [4.78, 5) is 0. The zero-order valence-electron chi connectivity index (χ0n) is 7.99. The maximum Gasteiger partial charge on any atom is 0.135 e. The Bertz CT molecular complexity index is 266. The lowest BCUT2D eigenvalue weighted by Gasteiger charge is -2.26. The predicted molar refractivity (Wildman–Crippen MR) is 50.2 cm³/mol. The Balaban J connectivity index is 2.29. The van der Waals surface area contributed by atoms with Crippen molar-refractivity contribution in [1.29, 1.82) is 0 Å². The van der Waals surface area contributed by atoms with Crippen LogP contribution in [-0.2, 0) is 5.60 Å². The van der Waals surface area contributed by atoms with E-state index in [1.54, 1.807) is 6.26 Å². The average Bonchev–Trinajstić information content (AvgIpc) is 2.72. The smallest absolute Gasteiger partial charge is 0.135 e. The normalized spacial score (nSPS) is 33.8. The summed E-state index contributed by atoms with van der Waals surface area (Å²) in [6.07, 6.45) is 5.73. The molecule has 13 heavy (non-hydrogen) atoms. The van der Waals surface area contributed by atoms with Crippen molar-refractivity contribution in [3.05, 3.63) is 24.2 Å². The van der Waals surface area contributed by atoms with Gasteiger partial charge in [-0.1, -0.05) is 13.3 Å². The van der Waals surface area contributed by atoms with E-state index in [0.29, 0.717) is 5.92 Å². The minimum Gasteiger partial charge on any atom is -0.466 e. The molecule has 1 saturated carbocycles. The lowest BCUT2D eigenvalue weighted by Crippen LogP contribution is -2.29. The van der Waals surface area contributed by atoms with E-state index >= 15 is 0 Å². The second-order valence-electron chi connectivity index (χ2n) is 3.90. The van der Waals surface area contributed by atoms with Gasteiger partial charge in [-0.2, -0.15) is 0 Å². The minimum atomic E-state index is -0.682. The highest BCUT2D eigenvalue weighted by atomic mass is 16.4. The molecule has 72 valence electrons. The monoisotopic (exact) mass is 180 g/mol. The molecule has 2 unspecified atom stereocenters. The van der Waals surface area contributed by atoms with Crippen LogP contribution >= 0.6 is 0 Å². The van der Waals surface area contributed by atoms with Crippen LogP contribution in [0.15, 0.2) is 22.8 Å². The van der Waals surface area contributed by atoms with Crippen molar-refractivity contribution in [3.63, 3.8) is 0 Å². The summed E-state index contributed by atoms with van der Waals surface area (Å²) in [5, 5.41) is 10.4. The molecule has 1 aromatic rings. The first-order valence-corrected chi connectivity index (χ1v) is 5.03. The van der Waals surface area contributed by atoms with E-state index in [2.05, 4.69) is 6.92 Å². The van der Waals surface area contributed by atoms with Gasteiger partial charge in [0.25, 0.3) is 0 Å². The molecule has 2 heteroatoms. The maximum atomic E-state index is 10.4. The Labute approximate surface area is 78.6 Å².